The van der Waals surface area contributed by atoms with Crippen LogP contribution in [0.4, 0.5) is 11.4 Å². The van der Waals surface area contributed by atoms with E-state index < -0.39 is 5.60 Å². The van der Waals surface area contributed by atoms with E-state index in [4.69, 9.17) is 0 Å². The highest BCUT2D eigenvalue weighted by atomic mass is 16.3. The third kappa shape index (κ3) is 2.07. The average Bonchev–Trinajstić information content (AvgIpc) is 2.80. The smallest absolute Gasteiger partial charge is 0.0821 e. The van der Waals surface area contributed by atoms with Gasteiger partial charge in [-0.1, -0.05) is 25.0 Å². The lowest BCUT2D eigenvalue weighted by Gasteiger charge is -2.40. The quantitative estimate of drug-likeness (QED) is 0.867. The second-order valence-corrected chi connectivity index (χ2v) is 5.76. The van der Waals surface area contributed by atoms with Crippen molar-refractivity contribution in [3.05, 3.63) is 24.3 Å². The van der Waals surface area contributed by atoms with Gasteiger partial charge in [0.15, 0.2) is 0 Å². The molecule has 0 radical (unpaired) electrons. The Morgan fingerprint density at radius 3 is 2.50 bits per heavy atom. The van der Waals surface area contributed by atoms with Crippen LogP contribution in [0.3, 0.4) is 0 Å². The van der Waals surface area contributed by atoms with Gasteiger partial charge in [-0.05, 0) is 25.0 Å². The van der Waals surface area contributed by atoms with Gasteiger partial charge in [-0.15, -0.1) is 0 Å². The van der Waals surface area contributed by atoms with Crippen LogP contribution in [-0.2, 0) is 0 Å². The maximum Gasteiger partial charge on any atom is 0.0821 e. The predicted octanol–water partition coefficient (Wildman–Crippen LogP) is 2.25. The van der Waals surface area contributed by atoms with Gasteiger partial charge >= 0.3 is 0 Å². The Bertz CT molecular complexity index is 426. The maximum absolute atomic E-state index is 10.6. The van der Waals surface area contributed by atoms with Gasteiger partial charge in [0.25, 0.3) is 0 Å². The highest BCUT2D eigenvalue weighted by Gasteiger charge is 2.34. The second kappa shape index (κ2) is 4.47. The molecule has 0 aromatic heterocycles. The van der Waals surface area contributed by atoms with Crippen LogP contribution in [0.25, 0.3) is 0 Å². The number of para-hydroxylation sites is 2. The van der Waals surface area contributed by atoms with Crippen LogP contribution in [0.5, 0.6) is 0 Å². The van der Waals surface area contributed by atoms with Crippen molar-refractivity contribution in [2.75, 3.05) is 36.5 Å². The Labute approximate surface area is 109 Å². The Morgan fingerprint density at radius 1 is 1.11 bits per heavy atom. The summed E-state index contributed by atoms with van der Waals surface area (Å²) in [5, 5.41) is 10.6. The molecule has 0 unspecified atom stereocenters. The molecule has 1 aromatic carbocycles. The molecule has 0 spiro atoms. The molecule has 1 saturated carbocycles. The SMILES string of the molecule is CN1CCN(CC2(O)CCCC2)c2ccccc21. The molecule has 3 heteroatoms. The van der Waals surface area contributed by atoms with Crippen molar-refractivity contribution in [3.63, 3.8) is 0 Å². The molecule has 0 bridgehead atoms. The summed E-state index contributed by atoms with van der Waals surface area (Å²) < 4.78 is 0. The Hall–Kier alpha value is -1.22. The number of anilines is 2. The van der Waals surface area contributed by atoms with E-state index in [1.807, 2.05) is 0 Å². The van der Waals surface area contributed by atoms with Gasteiger partial charge in [0, 0.05) is 26.7 Å². The number of hydrogen-bond donors (Lipinski definition) is 1. The molecule has 1 N–H and O–H groups in total. The lowest BCUT2D eigenvalue weighted by molar-refractivity contribution is 0.0547. The van der Waals surface area contributed by atoms with Crippen LogP contribution in [0.1, 0.15) is 25.7 Å². The minimum atomic E-state index is -0.455. The van der Waals surface area contributed by atoms with E-state index in [1.54, 1.807) is 0 Å². The summed E-state index contributed by atoms with van der Waals surface area (Å²) in [5.41, 5.74) is 2.10. The number of rotatable bonds is 2. The van der Waals surface area contributed by atoms with Crippen LogP contribution in [-0.4, -0.2) is 37.4 Å². The first-order chi connectivity index (χ1) is 8.68. The first kappa shape index (κ1) is 11.8. The monoisotopic (exact) mass is 246 g/mol. The zero-order valence-corrected chi connectivity index (χ0v) is 11.1. The van der Waals surface area contributed by atoms with E-state index in [-0.39, 0.29) is 0 Å². The molecule has 0 atom stereocenters. The molecular formula is C15H22N2O. The van der Waals surface area contributed by atoms with E-state index in [9.17, 15) is 5.11 Å². The van der Waals surface area contributed by atoms with Gasteiger partial charge in [0.2, 0.25) is 0 Å². The van der Waals surface area contributed by atoms with E-state index >= 15 is 0 Å². The van der Waals surface area contributed by atoms with Gasteiger partial charge in [-0.25, -0.2) is 0 Å². The standard InChI is InChI=1S/C15H22N2O/c1-16-10-11-17(12-15(18)8-4-5-9-15)14-7-3-2-6-13(14)16/h2-3,6-7,18H,4-5,8-12H2,1H3. The zero-order chi connectivity index (χ0) is 12.6. The number of benzene rings is 1. The predicted molar refractivity (Wildman–Crippen MR) is 75.3 cm³/mol. The van der Waals surface area contributed by atoms with Crippen LogP contribution in [0.2, 0.25) is 0 Å². The molecule has 3 rings (SSSR count). The second-order valence-electron chi connectivity index (χ2n) is 5.76. The highest BCUT2D eigenvalue weighted by molar-refractivity contribution is 5.73. The van der Waals surface area contributed by atoms with E-state index in [2.05, 4.69) is 41.1 Å². The number of β-amino-alcohol motifs (C(OH)–C–C–N with tert-alkyl or cyclic N) is 1. The summed E-state index contributed by atoms with van der Waals surface area (Å²) in [6, 6.07) is 8.51. The third-order valence-corrected chi connectivity index (χ3v) is 4.36. The third-order valence-electron chi connectivity index (χ3n) is 4.36. The Balaban J connectivity index is 1.84. The van der Waals surface area contributed by atoms with Crippen molar-refractivity contribution in [2.24, 2.45) is 0 Å². The molecule has 3 nitrogen and oxygen atoms in total. The van der Waals surface area contributed by atoms with Gasteiger partial charge in [-0.3, -0.25) is 0 Å². The van der Waals surface area contributed by atoms with Crippen LogP contribution in [0.15, 0.2) is 24.3 Å². The fraction of sp³-hybridized carbons (Fsp3) is 0.600. The van der Waals surface area contributed by atoms with Crippen molar-refractivity contribution in [3.8, 4) is 0 Å². The topological polar surface area (TPSA) is 26.7 Å². The molecule has 1 fully saturated rings. The normalized spacial score (nSPS) is 22.1. The van der Waals surface area contributed by atoms with Crippen molar-refractivity contribution in [1.82, 2.24) is 0 Å². The molecule has 0 amide bonds. The number of aliphatic hydroxyl groups is 1. The van der Waals surface area contributed by atoms with Gasteiger partial charge in [0.1, 0.15) is 0 Å². The van der Waals surface area contributed by atoms with Gasteiger partial charge in [0.05, 0.1) is 17.0 Å². The number of hydrogen-bond acceptors (Lipinski definition) is 3. The van der Waals surface area contributed by atoms with Gasteiger partial charge < -0.3 is 14.9 Å². The van der Waals surface area contributed by atoms with Crippen LogP contribution >= 0.6 is 0 Å². The molecule has 2 aliphatic rings. The summed E-state index contributed by atoms with van der Waals surface area (Å²) in [4.78, 5) is 4.66. The van der Waals surface area contributed by atoms with E-state index in [1.165, 1.54) is 24.2 Å². The van der Waals surface area contributed by atoms with Crippen molar-refractivity contribution in [2.45, 2.75) is 31.3 Å². The first-order valence-electron chi connectivity index (χ1n) is 6.95. The van der Waals surface area contributed by atoms with E-state index in [0.717, 1.165) is 32.5 Å². The molecule has 0 saturated heterocycles. The summed E-state index contributed by atoms with van der Waals surface area (Å²) >= 11 is 0. The molecule has 98 valence electrons. The summed E-state index contributed by atoms with van der Waals surface area (Å²) in [6.45, 7) is 2.83. The lowest BCUT2D eigenvalue weighted by atomic mass is 10.0. The molecule has 18 heavy (non-hydrogen) atoms. The van der Waals surface area contributed by atoms with Crippen molar-refractivity contribution < 1.29 is 5.11 Å². The summed E-state index contributed by atoms with van der Waals surface area (Å²) in [7, 11) is 2.14. The fourth-order valence-corrected chi connectivity index (χ4v) is 3.28. The maximum atomic E-state index is 10.6. The Kier molecular flexibility index (Phi) is 2.94. The summed E-state index contributed by atoms with van der Waals surface area (Å²) in [6.07, 6.45) is 4.26. The fourth-order valence-electron chi connectivity index (χ4n) is 3.28. The number of fused-ring (bicyclic) bond motifs is 1. The van der Waals surface area contributed by atoms with Gasteiger partial charge in [-0.2, -0.15) is 0 Å². The van der Waals surface area contributed by atoms with Crippen LogP contribution in [0, 0.1) is 0 Å². The average molecular weight is 246 g/mol. The molecule has 1 aromatic rings. The minimum absolute atomic E-state index is 0.455. The zero-order valence-electron chi connectivity index (χ0n) is 11.1. The lowest BCUT2D eigenvalue weighted by Crippen LogP contribution is -2.47. The molecule has 1 aliphatic heterocycles. The van der Waals surface area contributed by atoms with E-state index in [0.29, 0.717) is 0 Å². The molecule has 1 aliphatic carbocycles. The number of nitrogens with zero attached hydrogens (tertiary/aromatic N) is 2. The largest absolute Gasteiger partial charge is 0.388 e. The molecule has 1 heterocycles. The highest BCUT2D eigenvalue weighted by Crippen LogP contribution is 2.36. The molecular weight excluding hydrogens is 224 g/mol. The van der Waals surface area contributed by atoms with Crippen molar-refractivity contribution >= 4 is 11.4 Å². The summed E-state index contributed by atoms with van der Waals surface area (Å²) in [5.74, 6) is 0. The van der Waals surface area contributed by atoms with Crippen molar-refractivity contribution in [1.29, 1.82) is 0 Å². The minimum Gasteiger partial charge on any atom is -0.388 e. The van der Waals surface area contributed by atoms with Crippen LogP contribution < -0.4 is 9.80 Å². The Morgan fingerprint density at radius 2 is 1.78 bits per heavy atom. The number of likely N-dealkylation sites (N-methyl/N-ethyl adjacent to an activating group) is 1. The first-order valence-corrected chi connectivity index (χ1v) is 6.95.